The van der Waals surface area contributed by atoms with Crippen molar-refractivity contribution < 1.29 is 0 Å². The van der Waals surface area contributed by atoms with E-state index in [0.717, 1.165) is 17.4 Å². The van der Waals surface area contributed by atoms with E-state index in [-0.39, 0.29) is 5.54 Å². The molecule has 0 atom stereocenters. The molecule has 1 aromatic heterocycles. The van der Waals surface area contributed by atoms with Gasteiger partial charge in [-0.15, -0.1) is 0 Å². The largest absolute Gasteiger partial charge is 0.364 e. The van der Waals surface area contributed by atoms with Gasteiger partial charge < -0.3 is 5.32 Å². The van der Waals surface area contributed by atoms with Gasteiger partial charge in [0.25, 0.3) is 0 Å². The minimum absolute atomic E-state index is 0.243. The Balaban J connectivity index is 2.17. The van der Waals surface area contributed by atoms with Gasteiger partial charge in [0.1, 0.15) is 11.0 Å². The van der Waals surface area contributed by atoms with Crippen molar-refractivity contribution in [2.45, 2.75) is 43.3 Å². The van der Waals surface area contributed by atoms with Crippen molar-refractivity contribution >= 4 is 29.2 Å². The Bertz CT molecular complexity index is 374. The van der Waals surface area contributed by atoms with E-state index < -0.39 is 0 Å². The fourth-order valence-corrected chi connectivity index (χ4v) is 2.61. The van der Waals surface area contributed by atoms with E-state index in [9.17, 15) is 0 Å². The lowest BCUT2D eigenvalue weighted by molar-refractivity contribution is 0.268. The molecule has 1 aliphatic rings. The molecule has 1 aliphatic carbocycles. The normalized spacial score (nSPS) is 17.9. The first-order chi connectivity index (χ1) is 7.67. The van der Waals surface area contributed by atoms with Gasteiger partial charge in [0, 0.05) is 11.6 Å². The zero-order valence-electron chi connectivity index (χ0n) is 9.59. The number of hydrogen-bond donors (Lipinski definition) is 1. The number of nitrogens with one attached hydrogen (secondary N) is 1. The van der Waals surface area contributed by atoms with Crippen molar-refractivity contribution in [2.75, 3.05) is 11.6 Å². The molecule has 2 rings (SSSR count). The van der Waals surface area contributed by atoms with E-state index in [1.54, 1.807) is 6.07 Å². The topological polar surface area (TPSA) is 37.8 Å². The molecule has 16 heavy (non-hydrogen) atoms. The van der Waals surface area contributed by atoms with Gasteiger partial charge in [0.05, 0.1) is 0 Å². The standard InChI is InChI=1S/C11H16ClN3S/c1-3-11(5-4-6-11)15-9-7-8(12)13-10(14-9)16-2/h7H,3-6H2,1-2H3,(H,13,14,15). The van der Waals surface area contributed by atoms with Gasteiger partial charge in [-0.1, -0.05) is 30.3 Å². The molecule has 0 unspecified atom stereocenters. The number of thioether (sulfide) groups is 1. The molecular formula is C11H16ClN3S. The van der Waals surface area contributed by atoms with Crippen LogP contribution in [0.15, 0.2) is 11.2 Å². The summed E-state index contributed by atoms with van der Waals surface area (Å²) in [7, 11) is 0. The van der Waals surface area contributed by atoms with Crippen molar-refractivity contribution in [2.24, 2.45) is 0 Å². The Morgan fingerprint density at radius 3 is 2.75 bits per heavy atom. The summed E-state index contributed by atoms with van der Waals surface area (Å²) < 4.78 is 0. The van der Waals surface area contributed by atoms with Crippen LogP contribution < -0.4 is 5.32 Å². The lowest BCUT2D eigenvalue weighted by Gasteiger charge is -2.42. The van der Waals surface area contributed by atoms with Crippen molar-refractivity contribution in [3.63, 3.8) is 0 Å². The second-order valence-corrected chi connectivity index (χ2v) is 5.34. The van der Waals surface area contributed by atoms with Gasteiger partial charge in [-0.05, 0) is 31.9 Å². The number of anilines is 1. The Morgan fingerprint density at radius 2 is 2.25 bits per heavy atom. The van der Waals surface area contributed by atoms with E-state index in [0.29, 0.717) is 5.15 Å². The minimum atomic E-state index is 0.243. The number of hydrogen-bond acceptors (Lipinski definition) is 4. The van der Waals surface area contributed by atoms with Crippen molar-refractivity contribution in [1.29, 1.82) is 0 Å². The highest BCUT2D eigenvalue weighted by Crippen LogP contribution is 2.37. The van der Waals surface area contributed by atoms with Gasteiger partial charge >= 0.3 is 0 Å². The molecule has 0 aromatic carbocycles. The molecule has 0 bridgehead atoms. The second-order valence-electron chi connectivity index (χ2n) is 4.18. The lowest BCUT2D eigenvalue weighted by atomic mass is 9.75. The molecule has 0 amide bonds. The van der Waals surface area contributed by atoms with Crippen molar-refractivity contribution in [3.05, 3.63) is 11.2 Å². The maximum Gasteiger partial charge on any atom is 0.190 e. The third-order valence-corrected chi connectivity index (χ3v) is 3.98. The third-order valence-electron chi connectivity index (χ3n) is 3.24. The van der Waals surface area contributed by atoms with Gasteiger partial charge in [-0.2, -0.15) is 0 Å². The van der Waals surface area contributed by atoms with Crippen LogP contribution in [0.4, 0.5) is 5.82 Å². The Morgan fingerprint density at radius 1 is 1.50 bits per heavy atom. The van der Waals surface area contributed by atoms with Crippen LogP contribution >= 0.6 is 23.4 Å². The molecule has 1 heterocycles. The Labute approximate surface area is 105 Å². The fraction of sp³-hybridized carbons (Fsp3) is 0.636. The van der Waals surface area contributed by atoms with E-state index >= 15 is 0 Å². The average molecular weight is 258 g/mol. The first-order valence-electron chi connectivity index (χ1n) is 5.54. The first kappa shape index (κ1) is 12.0. The summed E-state index contributed by atoms with van der Waals surface area (Å²) in [6, 6.07) is 1.80. The van der Waals surface area contributed by atoms with Crippen molar-refractivity contribution in [1.82, 2.24) is 9.97 Å². The van der Waals surface area contributed by atoms with Crippen molar-refractivity contribution in [3.8, 4) is 0 Å². The molecule has 1 saturated carbocycles. The predicted molar refractivity (Wildman–Crippen MR) is 69.3 cm³/mol. The van der Waals surface area contributed by atoms with Gasteiger partial charge in [0.2, 0.25) is 0 Å². The smallest absolute Gasteiger partial charge is 0.190 e. The van der Waals surface area contributed by atoms with Crippen LogP contribution in [0.3, 0.4) is 0 Å². The van der Waals surface area contributed by atoms with Crippen LogP contribution in [0.5, 0.6) is 0 Å². The van der Waals surface area contributed by atoms with Crippen LogP contribution in [0.25, 0.3) is 0 Å². The summed E-state index contributed by atoms with van der Waals surface area (Å²) >= 11 is 7.47. The molecule has 0 spiro atoms. The third kappa shape index (κ3) is 2.43. The number of aromatic nitrogens is 2. The van der Waals surface area contributed by atoms with E-state index in [1.807, 2.05) is 6.26 Å². The van der Waals surface area contributed by atoms with E-state index in [4.69, 9.17) is 11.6 Å². The maximum absolute atomic E-state index is 5.96. The lowest BCUT2D eigenvalue weighted by Crippen LogP contribution is -2.44. The highest BCUT2D eigenvalue weighted by atomic mass is 35.5. The zero-order valence-corrected chi connectivity index (χ0v) is 11.2. The minimum Gasteiger partial charge on any atom is -0.364 e. The predicted octanol–water partition coefficient (Wildman–Crippen LogP) is 3.60. The zero-order chi connectivity index (χ0) is 11.6. The van der Waals surface area contributed by atoms with Crippen LogP contribution in [0.1, 0.15) is 32.6 Å². The van der Waals surface area contributed by atoms with Crippen LogP contribution in [-0.4, -0.2) is 21.8 Å². The average Bonchev–Trinajstić information content (AvgIpc) is 2.22. The van der Waals surface area contributed by atoms with Crippen LogP contribution in [0.2, 0.25) is 5.15 Å². The fourth-order valence-electron chi connectivity index (χ4n) is 1.99. The highest BCUT2D eigenvalue weighted by Gasteiger charge is 2.35. The second kappa shape index (κ2) is 4.80. The molecule has 0 saturated heterocycles. The van der Waals surface area contributed by atoms with E-state index in [2.05, 4.69) is 22.2 Å². The summed E-state index contributed by atoms with van der Waals surface area (Å²) in [6.45, 7) is 2.21. The molecular weight excluding hydrogens is 242 g/mol. The molecule has 88 valence electrons. The summed E-state index contributed by atoms with van der Waals surface area (Å²) in [6.07, 6.45) is 6.83. The van der Waals surface area contributed by atoms with E-state index in [1.165, 1.54) is 31.0 Å². The first-order valence-corrected chi connectivity index (χ1v) is 7.14. The summed E-state index contributed by atoms with van der Waals surface area (Å²) in [4.78, 5) is 8.55. The summed E-state index contributed by atoms with van der Waals surface area (Å²) in [5.41, 5.74) is 0.243. The van der Waals surface area contributed by atoms with Gasteiger partial charge in [-0.25, -0.2) is 9.97 Å². The van der Waals surface area contributed by atoms with Gasteiger partial charge in [0.15, 0.2) is 5.16 Å². The van der Waals surface area contributed by atoms with Gasteiger partial charge in [-0.3, -0.25) is 0 Å². The molecule has 5 heteroatoms. The number of nitrogens with zero attached hydrogens (tertiary/aromatic N) is 2. The number of rotatable bonds is 4. The highest BCUT2D eigenvalue weighted by molar-refractivity contribution is 7.98. The Hall–Kier alpha value is -0.480. The SMILES string of the molecule is CCC1(Nc2cc(Cl)nc(SC)n2)CCC1. The quantitative estimate of drug-likeness (QED) is 0.508. The monoisotopic (exact) mass is 257 g/mol. The van der Waals surface area contributed by atoms with Crippen LogP contribution in [-0.2, 0) is 0 Å². The molecule has 1 aromatic rings. The molecule has 1 N–H and O–H groups in total. The van der Waals surface area contributed by atoms with Crippen LogP contribution in [0, 0.1) is 0 Å². The molecule has 0 radical (unpaired) electrons. The molecule has 0 aliphatic heterocycles. The summed E-state index contributed by atoms with van der Waals surface area (Å²) in [5.74, 6) is 0.853. The maximum atomic E-state index is 5.96. The Kier molecular flexibility index (Phi) is 3.60. The summed E-state index contributed by atoms with van der Waals surface area (Å²) in [5, 5.41) is 4.74. The molecule has 3 nitrogen and oxygen atoms in total. The molecule has 1 fully saturated rings. The number of halogens is 1.